The van der Waals surface area contributed by atoms with E-state index in [1.165, 1.54) is 5.56 Å². The van der Waals surface area contributed by atoms with Crippen LogP contribution < -0.4 is 4.74 Å². The van der Waals surface area contributed by atoms with Crippen molar-refractivity contribution in [2.75, 3.05) is 20.7 Å². The molecule has 3 aromatic rings. The molecule has 0 radical (unpaired) electrons. The summed E-state index contributed by atoms with van der Waals surface area (Å²) in [7, 11) is 4.17. The van der Waals surface area contributed by atoms with Crippen LogP contribution in [-0.2, 0) is 4.79 Å². The van der Waals surface area contributed by atoms with Gasteiger partial charge in [0.2, 0.25) is 0 Å². The molecule has 2 aromatic carbocycles. The summed E-state index contributed by atoms with van der Waals surface area (Å²) in [6.45, 7) is 6.17. The number of carboxylic acid groups (broad SMARTS) is 1. The van der Waals surface area contributed by atoms with Crippen molar-refractivity contribution in [2.24, 2.45) is 5.41 Å². The smallest absolute Gasteiger partial charge is 0.313 e. The molecule has 0 aliphatic rings. The minimum Gasteiger partial charge on any atom is -0.492 e. The maximum absolute atomic E-state index is 11.7. The average molecular weight is 424 g/mol. The molecule has 0 bridgehead atoms. The standard InChI is InChI=1S/C25H33N3O3/c1-6-25(7-2,24(29)30)16-31-22-11-10-19-14-21(9-8-20(19)15-22)23(18(3)27(4)5)28-13-12-26-17-28/h8-15,17-18,23H,6-7,16H2,1-5H3,(H,29,30). The molecule has 6 heteroatoms. The van der Waals surface area contributed by atoms with Gasteiger partial charge < -0.3 is 19.3 Å². The van der Waals surface area contributed by atoms with E-state index in [2.05, 4.69) is 53.7 Å². The minimum absolute atomic E-state index is 0.142. The van der Waals surface area contributed by atoms with Crippen molar-refractivity contribution in [3.63, 3.8) is 0 Å². The van der Waals surface area contributed by atoms with E-state index in [1.807, 2.05) is 50.8 Å². The third kappa shape index (κ3) is 4.74. The highest BCUT2D eigenvalue weighted by atomic mass is 16.5. The molecule has 3 rings (SSSR count). The van der Waals surface area contributed by atoms with Crippen LogP contribution in [0.5, 0.6) is 5.75 Å². The molecule has 2 unspecified atom stereocenters. The maximum atomic E-state index is 11.7. The molecule has 166 valence electrons. The Labute approximate surface area is 184 Å². The molecule has 0 amide bonds. The second kappa shape index (κ2) is 9.52. The Kier molecular flexibility index (Phi) is 7.01. The molecule has 6 nitrogen and oxygen atoms in total. The normalized spacial score (nSPS) is 14.0. The lowest BCUT2D eigenvalue weighted by Crippen LogP contribution is -2.36. The van der Waals surface area contributed by atoms with E-state index in [0.717, 1.165) is 10.8 Å². The summed E-state index contributed by atoms with van der Waals surface area (Å²) in [4.78, 5) is 18.2. The topological polar surface area (TPSA) is 67.6 Å². The number of benzene rings is 2. The molecular weight excluding hydrogens is 390 g/mol. The quantitative estimate of drug-likeness (QED) is 0.505. The van der Waals surface area contributed by atoms with Gasteiger partial charge in [0.15, 0.2) is 0 Å². The number of hydrogen-bond donors (Lipinski definition) is 1. The van der Waals surface area contributed by atoms with Crippen LogP contribution in [0.15, 0.2) is 55.1 Å². The Morgan fingerprint density at radius 1 is 1.16 bits per heavy atom. The zero-order valence-electron chi connectivity index (χ0n) is 19.1. The van der Waals surface area contributed by atoms with E-state index in [9.17, 15) is 9.90 Å². The molecule has 31 heavy (non-hydrogen) atoms. The predicted octanol–water partition coefficient (Wildman–Crippen LogP) is 4.85. The van der Waals surface area contributed by atoms with Gasteiger partial charge in [0.1, 0.15) is 17.8 Å². The Bertz CT molecular complexity index is 1010. The Morgan fingerprint density at radius 2 is 1.84 bits per heavy atom. The molecule has 0 fully saturated rings. The van der Waals surface area contributed by atoms with Crippen molar-refractivity contribution in [1.82, 2.24) is 14.5 Å². The molecule has 1 heterocycles. The van der Waals surface area contributed by atoms with Crippen molar-refractivity contribution in [3.05, 3.63) is 60.7 Å². The fourth-order valence-corrected chi connectivity index (χ4v) is 3.97. The van der Waals surface area contributed by atoms with Gasteiger partial charge in [0, 0.05) is 18.4 Å². The van der Waals surface area contributed by atoms with Crippen LogP contribution in [-0.4, -0.2) is 52.3 Å². The summed E-state index contributed by atoms with van der Waals surface area (Å²) in [5.74, 6) is -0.107. The van der Waals surface area contributed by atoms with Gasteiger partial charge in [0.25, 0.3) is 0 Å². The van der Waals surface area contributed by atoms with Gasteiger partial charge in [-0.3, -0.25) is 4.79 Å². The molecule has 0 spiro atoms. The van der Waals surface area contributed by atoms with Crippen LogP contribution >= 0.6 is 0 Å². The number of carboxylic acids is 1. The average Bonchev–Trinajstić information content (AvgIpc) is 3.29. The summed E-state index contributed by atoms with van der Waals surface area (Å²) in [6, 6.07) is 12.8. The van der Waals surface area contributed by atoms with E-state index in [1.54, 1.807) is 0 Å². The zero-order valence-corrected chi connectivity index (χ0v) is 19.1. The van der Waals surface area contributed by atoms with E-state index in [4.69, 9.17) is 4.74 Å². The predicted molar refractivity (Wildman–Crippen MR) is 124 cm³/mol. The van der Waals surface area contributed by atoms with Gasteiger partial charge in [0.05, 0.1) is 12.4 Å². The monoisotopic (exact) mass is 423 g/mol. The summed E-state index contributed by atoms with van der Waals surface area (Å²) in [5.41, 5.74) is 0.362. The van der Waals surface area contributed by atoms with Crippen LogP contribution in [0.4, 0.5) is 0 Å². The number of carbonyl (C=O) groups is 1. The number of hydrogen-bond acceptors (Lipinski definition) is 4. The number of imidazole rings is 1. The van der Waals surface area contributed by atoms with Crippen molar-refractivity contribution >= 4 is 16.7 Å². The van der Waals surface area contributed by atoms with Crippen LogP contribution in [0.3, 0.4) is 0 Å². The first kappa shape index (κ1) is 22.8. The van der Waals surface area contributed by atoms with Gasteiger partial charge in [-0.05, 0) is 68.4 Å². The number of ether oxygens (including phenoxy) is 1. The van der Waals surface area contributed by atoms with Crippen molar-refractivity contribution < 1.29 is 14.6 Å². The summed E-state index contributed by atoms with van der Waals surface area (Å²) in [5, 5.41) is 11.8. The summed E-state index contributed by atoms with van der Waals surface area (Å²) < 4.78 is 8.07. The molecular formula is C25H33N3O3. The Balaban J connectivity index is 1.88. The lowest BCUT2D eigenvalue weighted by atomic mass is 9.83. The third-order valence-corrected chi connectivity index (χ3v) is 6.62. The Morgan fingerprint density at radius 3 is 2.42 bits per heavy atom. The van der Waals surface area contributed by atoms with E-state index >= 15 is 0 Å². The molecule has 0 aliphatic heterocycles. The SMILES string of the molecule is CCC(CC)(COc1ccc2cc(C(C(C)N(C)C)n3ccnc3)ccc2c1)C(=O)O. The zero-order chi connectivity index (χ0) is 22.6. The number of rotatable bonds is 10. The van der Waals surface area contributed by atoms with Crippen molar-refractivity contribution in [1.29, 1.82) is 0 Å². The number of aromatic nitrogens is 2. The second-order valence-corrected chi connectivity index (χ2v) is 8.51. The van der Waals surface area contributed by atoms with E-state index < -0.39 is 11.4 Å². The Hall–Kier alpha value is -2.86. The highest BCUT2D eigenvalue weighted by molar-refractivity contribution is 5.84. The van der Waals surface area contributed by atoms with Gasteiger partial charge in [-0.2, -0.15) is 0 Å². The van der Waals surface area contributed by atoms with E-state index in [0.29, 0.717) is 18.6 Å². The second-order valence-electron chi connectivity index (χ2n) is 8.51. The fourth-order valence-electron chi connectivity index (χ4n) is 3.97. The van der Waals surface area contributed by atoms with Crippen LogP contribution in [0.2, 0.25) is 0 Å². The van der Waals surface area contributed by atoms with Gasteiger partial charge >= 0.3 is 5.97 Å². The first-order chi connectivity index (χ1) is 14.8. The lowest BCUT2D eigenvalue weighted by molar-refractivity contribution is -0.151. The van der Waals surface area contributed by atoms with Gasteiger partial charge in [-0.1, -0.05) is 32.0 Å². The largest absolute Gasteiger partial charge is 0.492 e. The molecule has 2 atom stereocenters. The minimum atomic E-state index is -0.848. The molecule has 0 saturated heterocycles. The third-order valence-electron chi connectivity index (χ3n) is 6.62. The molecule has 1 N–H and O–H groups in total. The number of likely N-dealkylation sites (N-methyl/N-ethyl adjacent to an activating group) is 1. The summed E-state index contributed by atoms with van der Waals surface area (Å²) in [6.07, 6.45) is 6.75. The highest BCUT2D eigenvalue weighted by Crippen LogP contribution is 2.31. The highest BCUT2D eigenvalue weighted by Gasteiger charge is 2.35. The number of aliphatic carboxylic acids is 1. The number of nitrogens with zero attached hydrogens (tertiary/aromatic N) is 3. The first-order valence-corrected chi connectivity index (χ1v) is 10.8. The molecule has 0 saturated carbocycles. The van der Waals surface area contributed by atoms with Crippen LogP contribution in [0.25, 0.3) is 10.8 Å². The molecule has 1 aromatic heterocycles. The van der Waals surface area contributed by atoms with Crippen LogP contribution in [0, 0.1) is 5.41 Å². The van der Waals surface area contributed by atoms with Crippen molar-refractivity contribution in [3.8, 4) is 5.75 Å². The summed E-state index contributed by atoms with van der Waals surface area (Å²) >= 11 is 0. The number of fused-ring (bicyclic) bond motifs is 1. The first-order valence-electron chi connectivity index (χ1n) is 10.8. The van der Waals surface area contributed by atoms with Crippen molar-refractivity contribution in [2.45, 2.75) is 45.7 Å². The molecule has 0 aliphatic carbocycles. The van der Waals surface area contributed by atoms with Gasteiger partial charge in [-0.25, -0.2) is 4.98 Å². The van der Waals surface area contributed by atoms with E-state index in [-0.39, 0.29) is 18.7 Å². The lowest BCUT2D eigenvalue weighted by Gasteiger charge is -2.31. The maximum Gasteiger partial charge on any atom is 0.313 e. The fraction of sp³-hybridized carbons (Fsp3) is 0.440. The van der Waals surface area contributed by atoms with Gasteiger partial charge in [-0.15, -0.1) is 0 Å². The van der Waals surface area contributed by atoms with Crippen LogP contribution in [0.1, 0.15) is 45.2 Å².